The third-order valence-electron chi connectivity index (χ3n) is 5.54. The Bertz CT molecular complexity index is 1140. The first kappa shape index (κ1) is 18.2. The number of fused-ring (bicyclic) bond motifs is 1. The van der Waals surface area contributed by atoms with Gasteiger partial charge in [0.2, 0.25) is 0 Å². The zero-order chi connectivity index (χ0) is 19.5. The first-order chi connectivity index (χ1) is 13.7. The second-order valence-electron chi connectivity index (χ2n) is 7.32. The van der Waals surface area contributed by atoms with Crippen LogP contribution in [-0.4, -0.2) is 34.1 Å². The van der Waals surface area contributed by atoms with E-state index in [2.05, 4.69) is 34.1 Å². The molecule has 6 nitrogen and oxygen atoms in total. The minimum Gasteiger partial charge on any atom is -0.321 e. The number of nitriles is 1. The molecule has 1 aliphatic heterocycles. The highest BCUT2D eigenvalue weighted by molar-refractivity contribution is 5.78. The Balaban J connectivity index is 1.50. The third-order valence-corrected chi connectivity index (χ3v) is 5.54. The molecule has 0 spiro atoms. The zero-order valence-electron chi connectivity index (χ0n) is 15.6. The Labute approximate surface area is 162 Å². The molecule has 2 aromatic heterocycles. The van der Waals surface area contributed by atoms with Gasteiger partial charge in [0, 0.05) is 25.8 Å². The summed E-state index contributed by atoms with van der Waals surface area (Å²) in [6, 6.07) is 15.5. The molecule has 142 valence electrons. The van der Waals surface area contributed by atoms with Gasteiger partial charge in [0.15, 0.2) is 0 Å². The van der Waals surface area contributed by atoms with Crippen LogP contribution in [0.2, 0.25) is 0 Å². The van der Waals surface area contributed by atoms with Crippen LogP contribution in [0.25, 0.3) is 10.9 Å². The number of likely N-dealkylation sites (tertiary alicyclic amines) is 1. The summed E-state index contributed by atoms with van der Waals surface area (Å²) in [4.78, 5) is 29.5. The van der Waals surface area contributed by atoms with Crippen molar-refractivity contribution >= 4 is 10.9 Å². The quantitative estimate of drug-likeness (QED) is 0.760. The van der Waals surface area contributed by atoms with Crippen LogP contribution < -0.4 is 11.1 Å². The van der Waals surface area contributed by atoms with Crippen molar-refractivity contribution in [1.82, 2.24) is 14.5 Å². The van der Waals surface area contributed by atoms with Gasteiger partial charge in [-0.1, -0.05) is 30.3 Å². The van der Waals surface area contributed by atoms with Gasteiger partial charge in [0.1, 0.15) is 11.6 Å². The standard InChI is InChI=1S/C22H22N4O2/c23-14-18-13-19-20(24-21(18)27)8-10-26(22(19)28)12-11-25-9-4-7-17(15-25)16-5-2-1-3-6-16/h1-3,5-6,8,10,13,17H,4,7,9,11-12,15H2,(H,24,27)/t17-/m1/s1. The third kappa shape index (κ3) is 3.62. The molecule has 0 radical (unpaired) electrons. The van der Waals surface area contributed by atoms with Crippen molar-refractivity contribution in [3.05, 3.63) is 80.5 Å². The molecule has 1 N–H and O–H groups in total. The molecule has 4 rings (SSSR count). The summed E-state index contributed by atoms with van der Waals surface area (Å²) in [7, 11) is 0. The number of hydrogen-bond donors (Lipinski definition) is 1. The minimum absolute atomic E-state index is 0.0379. The maximum Gasteiger partial charge on any atom is 0.266 e. The molecular weight excluding hydrogens is 352 g/mol. The summed E-state index contributed by atoms with van der Waals surface area (Å²) in [6.07, 6.45) is 4.06. The van der Waals surface area contributed by atoms with Crippen LogP contribution in [0.1, 0.15) is 29.9 Å². The molecule has 1 fully saturated rings. The fourth-order valence-corrected chi connectivity index (χ4v) is 4.00. The Hall–Kier alpha value is -3.17. The molecule has 3 heterocycles. The number of nitrogens with one attached hydrogen (secondary N) is 1. The van der Waals surface area contributed by atoms with Crippen molar-refractivity contribution in [2.24, 2.45) is 0 Å². The molecule has 0 amide bonds. The molecule has 3 aromatic rings. The predicted octanol–water partition coefficient (Wildman–Crippen LogP) is 2.44. The van der Waals surface area contributed by atoms with Crippen molar-refractivity contribution in [2.45, 2.75) is 25.3 Å². The van der Waals surface area contributed by atoms with E-state index in [1.165, 1.54) is 18.1 Å². The van der Waals surface area contributed by atoms with Crippen LogP contribution in [0.4, 0.5) is 0 Å². The molecule has 0 unspecified atom stereocenters. The molecule has 1 atom stereocenters. The first-order valence-corrected chi connectivity index (χ1v) is 9.59. The Kier molecular flexibility index (Phi) is 5.09. The number of rotatable bonds is 4. The van der Waals surface area contributed by atoms with Crippen molar-refractivity contribution in [2.75, 3.05) is 19.6 Å². The number of hydrogen-bond acceptors (Lipinski definition) is 4. The van der Waals surface area contributed by atoms with Crippen LogP contribution in [0.3, 0.4) is 0 Å². The second-order valence-corrected chi connectivity index (χ2v) is 7.32. The van der Waals surface area contributed by atoms with Gasteiger partial charge in [-0.05, 0) is 43.0 Å². The second kappa shape index (κ2) is 7.83. The van der Waals surface area contributed by atoms with Gasteiger partial charge in [0.05, 0.1) is 10.9 Å². The lowest BCUT2D eigenvalue weighted by Gasteiger charge is -2.33. The highest BCUT2D eigenvalue weighted by Gasteiger charge is 2.21. The number of piperidine rings is 1. The number of H-pyrrole nitrogens is 1. The average molecular weight is 374 g/mol. The van der Waals surface area contributed by atoms with Crippen molar-refractivity contribution in [3.8, 4) is 6.07 Å². The smallest absolute Gasteiger partial charge is 0.266 e. The van der Waals surface area contributed by atoms with E-state index in [1.54, 1.807) is 16.8 Å². The molecular formula is C22H22N4O2. The molecule has 0 aliphatic carbocycles. The summed E-state index contributed by atoms with van der Waals surface area (Å²) < 4.78 is 1.66. The molecule has 1 saturated heterocycles. The lowest BCUT2D eigenvalue weighted by Crippen LogP contribution is -2.37. The molecule has 0 bridgehead atoms. The fraction of sp³-hybridized carbons (Fsp3) is 0.318. The highest BCUT2D eigenvalue weighted by atomic mass is 16.1. The van der Waals surface area contributed by atoms with Crippen LogP contribution in [-0.2, 0) is 6.54 Å². The monoisotopic (exact) mass is 374 g/mol. The van der Waals surface area contributed by atoms with Gasteiger partial charge in [-0.3, -0.25) is 9.59 Å². The predicted molar refractivity (Wildman–Crippen MR) is 108 cm³/mol. The Morgan fingerprint density at radius 1 is 1.14 bits per heavy atom. The van der Waals surface area contributed by atoms with Gasteiger partial charge in [-0.25, -0.2) is 0 Å². The zero-order valence-corrected chi connectivity index (χ0v) is 15.6. The summed E-state index contributed by atoms with van der Waals surface area (Å²) in [6.45, 7) is 3.41. The van der Waals surface area contributed by atoms with E-state index in [1.807, 2.05) is 12.1 Å². The Morgan fingerprint density at radius 3 is 2.75 bits per heavy atom. The fourth-order valence-electron chi connectivity index (χ4n) is 4.00. The highest BCUT2D eigenvalue weighted by Crippen LogP contribution is 2.26. The van der Waals surface area contributed by atoms with Gasteiger partial charge in [-0.15, -0.1) is 0 Å². The SMILES string of the molecule is N#Cc1cc2c(=O)n(CCN3CCC[C@@H](c4ccccc4)C3)ccc2[nH]c1=O. The molecule has 1 aliphatic rings. The number of aromatic amines is 1. The maximum atomic E-state index is 12.8. The van der Waals surface area contributed by atoms with E-state index in [4.69, 9.17) is 5.26 Å². The van der Waals surface area contributed by atoms with E-state index >= 15 is 0 Å². The molecule has 6 heteroatoms. The molecule has 28 heavy (non-hydrogen) atoms. The van der Waals surface area contributed by atoms with Crippen molar-refractivity contribution in [3.63, 3.8) is 0 Å². The summed E-state index contributed by atoms with van der Waals surface area (Å²) in [5, 5.41) is 9.42. The number of pyridine rings is 2. The lowest BCUT2D eigenvalue weighted by molar-refractivity contribution is 0.200. The van der Waals surface area contributed by atoms with E-state index in [9.17, 15) is 9.59 Å². The number of aromatic nitrogens is 2. The van der Waals surface area contributed by atoms with Crippen molar-refractivity contribution < 1.29 is 0 Å². The topological polar surface area (TPSA) is 81.9 Å². The van der Waals surface area contributed by atoms with Gasteiger partial charge < -0.3 is 14.5 Å². The van der Waals surface area contributed by atoms with E-state index < -0.39 is 5.56 Å². The number of benzene rings is 1. The molecule has 0 saturated carbocycles. The van der Waals surface area contributed by atoms with Crippen LogP contribution in [0, 0.1) is 11.3 Å². The molecule has 1 aromatic carbocycles. The summed E-state index contributed by atoms with van der Waals surface area (Å²) in [5.74, 6) is 0.534. The van der Waals surface area contributed by atoms with E-state index in [0.717, 1.165) is 26.1 Å². The van der Waals surface area contributed by atoms with Crippen LogP contribution in [0.15, 0.2) is 58.3 Å². The minimum atomic E-state index is -0.465. The average Bonchev–Trinajstić information content (AvgIpc) is 2.74. The summed E-state index contributed by atoms with van der Waals surface area (Å²) in [5.41, 5.74) is 1.16. The van der Waals surface area contributed by atoms with Crippen LogP contribution in [0.5, 0.6) is 0 Å². The number of nitrogens with zero attached hydrogens (tertiary/aromatic N) is 3. The van der Waals surface area contributed by atoms with Crippen molar-refractivity contribution in [1.29, 1.82) is 5.26 Å². The first-order valence-electron chi connectivity index (χ1n) is 9.59. The van der Waals surface area contributed by atoms with Gasteiger partial charge in [0.25, 0.3) is 11.1 Å². The van der Waals surface area contributed by atoms with Gasteiger partial charge >= 0.3 is 0 Å². The van der Waals surface area contributed by atoms with Crippen LogP contribution >= 0.6 is 0 Å². The summed E-state index contributed by atoms with van der Waals surface area (Å²) >= 11 is 0. The largest absolute Gasteiger partial charge is 0.321 e. The Morgan fingerprint density at radius 2 is 1.96 bits per heavy atom. The normalized spacial score (nSPS) is 17.5. The van der Waals surface area contributed by atoms with E-state index in [-0.39, 0.29) is 11.1 Å². The van der Waals surface area contributed by atoms with E-state index in [0.29, 0.717) is 23.4 Å². The maximum absolute atomic E-state index is 12.8. The van der Waals surface area contributed by atoms with Gasteiger partial charge in [-0.2, -0.15) is 5.26 Å². The lowest BCUT2D eigenvalue weighted by atomic mass is 9.91.